The van der Waals surface area contributed by atoms with E-state index in [-0.39, 0.29) is 13.2 Å². The number of hydrogen-bond acceptors (Lipinski definition) is 4. The number of carbonyl (C=O) groups excluding carboxylic acids is 2. The van der Waals surface area contributed by atoms with E-state index >= 15 is 0 Å². The zero-order valence-corrected chi connectivity index (χ0v) is 12.5. The highest BCUT2D eigenvalue weighted by Crippen LogP contribution is 2.17. The second kappa shape index (κ2) is 8.59. The molecule has 1 rings (SSSR count). The van der Waals surface area contributed by atoms with Crippen LogP contribution in [0.15, 0.2) is 24.3 Å². The maximum atomic E-state index is 11.8. The summed E-state index contributed by atoms with van der Waals surface area (Å²) in [6.45, 7) is 3.89. The maximum absolute atomic E-state index is 11.8. The van der Waals surface area contributed by atoms with Gasteiger partial charge < -0.3 is 9.47 Å². The quantitative estimate of drug-likeness (QED) is 0.573. The van der Waals surface area contributed by atoms with E-state index in [4.69, 9.17) is 21.1 Å². The minimum absolute atomic E-state index is 0.242. The molecule has 0 bridgehead atoms. The number of carbonyl (C=O) groups is 2. The van der Waals surface area contributed by atoms with Crippen LogP contribution in [0, 0.1) is 5.92 Å². The van der Waals surface area contributed by atoms with Crippen molar-refractivity contribution in [2.24, 2.45) is 5.92 Å². The number of benzene rings is 1. The van der Waals surface area contributed by atoms with E-state index in [0.717, 1.165) is 5.56 Å². The highest BCUT2D eigenvalue weighted by Gasteiger charge is 2.29. The van der Waals surface area contributed by atoms with Crippen LogP contribution in [-0.4, -0.2) is 25.2 Å². The molecule has 0 spiro atoms. The number of hydrogen-bond donors (Lipinski definition) is 0. The number of esters is 2. The molecule has 0 unspecified atom stereocenters. The summed E-state index contributed by atoms with van der Waals surface area (Å²) in [4.78, 5) is 23.6. The second-order valence-electron chi connectivity index (χ2n) is 4.23. The lowest BCUT2D eigenvalue weighted by Crippen LogP contribution is -2.28. The normalized spacial score (nSPS) is 10.4. The summed E-state index contributed by atoms with van der Waals surface area (Å²) in [7, 11) is 0. The van der Waals surface area contributed by atoms with E-state index in [1.165, 1.54) is 0 Å². The van der Waals surface area contributed by atoms with Gasteiger partial charge in [-0.2, -0.15) is 0 Å². The molecule has 20 heavy (non-hydrogen) atoms. The summed E-state index contributed by atoms with van der Waals surface area (Å²) in [5.41, 5.74) is 0.969. The average molecular weight is 299 g/mol. The van der Waals surface area contributed by atoms with Crippen LogP contribution in [0.4, 0.5) is 0 Å². The van der Waals surface area contributed by atoms with Crippen molar-refractivity contribution in [1.29, 1.82) is 0 Å². The Morgan fingerprint density at radius 3 is 2.25 bits per heavy atom. The van der Waals surface area contributed by atoms with Gasteiger partial charge in [-0.05, 0) is 44.4 Å². The maximum Gasteiger partial charge on any atom is 0.320 e. The van der Waals surface area contributed by atoms with Crippen molar-refractivity contribution < 1.29 is 19.1 Å². The van der Waals surface area contributed by atoms with Gasteiger partial charge in [-0.15, -0.1) is 0 Å². The first kappa shape index (κ1) is 16.5. The number of halogens is 1. The van der Waals surface area contributed by atoms with E-state index in [1.54, 1.807) is 19.9 Å². The summed E-state index contributed by atoms with van der Waals surface area (Å²) in [5, 5.41) is 0.631. The van der Waals surface area contributed by atoms with Crippen LogP contribution in [0.5, 0.6) is 0 Å². The first-order valence-corrected chi connectivity index (χ1v) is 7.04. The average Bonchev–Trinajstić information content (AvgIpc) is 2.39. The molecular formula is C15H19ClO4. The number of ether oxygens (including phenoxy) is 2. The Kier molecular flexibility index (Phi) is 7.09. The van der Waals surface area contributed by atoms with Gasteiger partial charge in [0.1, 0.15) is 0 Å². The molecule has 0 radical (unpaired) electrons. The monoisotopic (exact) mass is 298 g/mol. The van der Waals surface area contributed by atoms with Crippen LogP contribution in [0.2, 0.25) is 5.02 Å². The molecule has 0 aliphatic carbocycles. The van der Waals surface area contributed by atoms with Gasteiger partial charge in [-0.3, -0.25) is 9.59 Å². The molecule has 0 aliphatic heterocycles. The van der Waals surface area contributed by atoms with Gasteiger partial charge in [-0.25, -0.2) is 0 Å². The van der Waals surface area contributed by atoms with Crippen molar-refractivity contribution in [2.75, 3.05) is 13.2 Å². The van der Waals surface area contributed by atoms with Crippen molar-refractivity contribution in [1.82, 2.24) is 0 Å². The van der Waals surface area contributed by atoms with Crippen LogP contribution in [-0.2, 0) is 25.5 Å². The summed E-state index contributed by atoms with van der Waals surface area (Å²) >= 11 is 5.90. The van der Waals surface area contributed by atoms with Crippen LogP contribution in [0.25, 0.3) is 0 Å². The third kappa shape index (κ3) is 5.21. The fraction of sp³-hybridized carbons (Fsp3) is 0.467. The second-order valence-corrected chi connectivity index (χ2v) is 4.66. The van der Waals surface area contributed by atoms with Gasteiger partial charge in [0.2, 0.25) is 0 Å². The van der Waals surface area contributed by atoms with Gasteiger partial charge in [0, 0.05) is 5.02 Å². The van der Waals surface area contributed by atoms with Crippen molar-refractivity contribution in [3.8, 4) is 0 Å². The van der Waals surface area contributed by atoms with E-state index in [9.17, 15) is 9.59 Å². The van der Waals surface area contributed by atoms with Crippen LogP contribution in [0.3, 0.4) is 0 Å². The lowest BCUT2D eigenvalue weighted by molar-refractivity contribution is -0.161. The highest BCUT2D eigenvalue weighted by molar-refractivity contribution is 6.30. The third-order valence-corrected chi connectivity index (χ3v) is 2.99. The molecular weight excluding hydrogens is 280 g/mol. The van der Waals surface area contributed by atoms with Crippen molar-refractivity contribution >= 4 is 23.5 Å². The van der Waals surface area contributed by atoms with E-state index in [1.807, 2.05) is 18.2 Å². The SMILES string of the molecule is CCOC(=O)C(CCc1cccc(Cl)c1)C(=O)OCC. The lowest BCUT2D eigenvalue weighted by atomic mass is 9.99. The van der Waals surface area contributed by atoms with E-state index in [2.05, 4.69) is 0 Å². The zero-order chi connectivity index (χ0) is 15.0. The van der Waals surface area contributed by atoms with Crippen LogP contribution in [0.1, 0.15) is 25.8 Å². The van der Waals surface area contributed by atoms with Gasteiger partial charge in [0.15, 0.2) is 5.92 Å². The zero-order valence-electron chi connectivity index (χ0n) is 11.7. The van der Waals surface area contributed by atoms with E-state index in [0.29, 0.717) is 17.9 Å². The fourth-order valence-electron chi connectivity index (χ4n) is 1.82. The molecule has 0 saturated heterocycles. The largest absolute Gasteiger partial charge is 0.465 e. The summed E-state index contributed by atoms with van der Waals surface area (Å²) in [6.07, 6.45) is 0.904. The highest BCUT2D eigenvalue weighted by atomic mass is 35.5. The molecule has 0 fully saturated rings. The Balaban J connectivity index is 2.69. The number of aryl methyl sites for hydroxylation is 1. The van der Waals surface area contributed by atoms with Gasteiger partial charge in [0.05, 0.1) is 13.2 Å². The predicted octanol–water partition coefficient (Wildman–Crippen LogP) is 3.02. The third-order valence-electron chi connectivity index (χ3n) is 2.75. The Morgan fingerprint density at radius 1 is 1.15 bits per heavy atom. The first-order valence-electron chi connectivity index (χ1n) is 6.66. The molecule has 0 aliphatic rings. The Bertz CT molecular complexity index is 441. The van der Waals surface area contributed by atoms with Crippen LogP contribution >= 0.6 is 11.6 Å². The minimum atomic E-state index is -0.881. The molecule has 0 atom stereocenters. The molecule has 0 saturated carbocycles. The van der Waals surface area contributed by atoms with Crippen molar-refractivity contribution in [2.45, 2.75) is 26.7 Å². The van der Waals surface area contributed by atoms with Gasteiger partial charge >= 0.3 is 11.9 Å². The number of rotatable bonds is 7. The van der Waals surface area contributed by atoms with Gasteiger partial charge in [-0.1, -0.05) is 23.7 Å². The fourth-order valence-corrected chi connectivity index (χ4v) is 2.03. The van der Waals surface area contributed by atoms with E-state index < -0.39 is 17.9 Å². The molecule has 0 amide bonds. The van der Waals surface area contributed by atoms with Crippen molar-refractivity contribution in [3.05, 3.63) is 34.9 Å². The summed E-state index contributed by atoms with van der Waals surface area (Å²) in [6, 6.07) is 7.33. The molecule has 110 valence electrons. The molecule has 0 N–H and O–H groups in total. The van der Waals surface area contributed by atoms with Gasteiger partial charge in [0.25, 0.3) is 0 Å². The Hall–Kier alpha value is -1.55. The molecule has 1 aromatic carbocycles. The lowest BCUT2D eigenvalue weighted by Gasteiger charge is -2.14. The molecule has 1 aromatic rings. The topological polar surface area (TPSA) is 52.6 Å². The summed E-state index contributed by atoms with van der Waals surface area (Å²) in [5.74, 6) is -1.95. The Labute approximate surface area is 124 Å². The molecule has 5 heteroatoms. The smallest absolute Gasteiger partial charge is 0.320 e. The molecule has 4 nitrogen and oxygen atoms in total. The summed E-state index contributed by atoms with van der Waals surface area (Å²) < 4.78 is 9.84. The first-order chi connectivity index (χ1) is 9.58. The van der Waals surface area contributed by atoms with Crippen LogP contribution < -0.4 is 0 Å². The standard InChI is InChI=1S/C15H19ClO4/c1-3-19-14(17)13(15(18)20-4-2)9-8-11-6-5-7-12(16)10-11/h5-7,10,13H,3-4,8-9H2,1-2H3. The van der Waals surface area contributed by atoms with Crippen molar-refractivity contribution in [3.63, 3.8) is 0 Å². The Morgan fingerprint density at radius 2 is 1.75 bits per heavy atom. The molecule has 0 aromatic heterocycles. The molecule has 0 heterocycles. The minimum Gasteiger partial charge on any atom is -0.465 e. The predicted molar refractivity (Wildman–Crippen MR) is 76.5 cm³/mol.